The van der Waals surface area contributed by atoms with Gasteiger partial charge in [-0.05, 0) is 31.9 Å². The lowest BCUT2D eigenvalue weighted by Gasteiger charge is -2.40. The molecule has 2 atom stereocenters. The van der Waals surface area contributed by atoms with E-state index in [0.29, 0.717) is 12.0 Å². The van der Waals surface area contributed by atoms with Crippen LogP contribution in [0.1, 0.15) is 30.1 Å². The molecule has 0 saturated carbocycles. The zero-order valence-electron chi connectivity index (χ0n) is 14.7. The third-order valence-corrected chi connectivity index (χ3v) is 9.39. The predicted molar refractivity (Wildman–Crippen MR) is 99.1 cm³/mol. The van der Waals surface area contributed by atoms with E-state index in [-0.39, 0.29) is 43.5 Å². The van der Waals surface area contributed by atoms with Gasteiger partial charge in [0.25, 0.3) is 5.91 Å². The second-order valence-corrected chi connectivity index (χ2v) is 11.3. The number of hydrogen-bond acceptors (Lipinski definition) is 5. The van der Waals surface area contributed by atoms with E-state index in [1.54, 1.807) is 36.1 Å². The minimum absolute atomic E-state index is 0.0122. The predicted octanol–water partition coefficient (Wildman–Crippen LogP) is 0.740. The second kappa shape index (κ2) is 7.28. The third-order valence-electron chi connectivity index (χ3n) is 5.28. The summed E-state index contributed by atoms with van der Waals surface area (Å²) in [6, 6.07) is 8.30. The van der Waals surface area contributed by atoms with Gasteiger partial charge in [0.2, 0.25) is 10.0 Å². The van der Waals surface area contributed by atoms with Crippen molar-refractivity contribution < 1.29 is 21.6 Å². The molecule has 0 radical (unpaired) electrons. The summed E-state index contributed by atoms with van der Waals surface area (Å²) in [6.45, 7) is 2.16. The van der Waals surface area contributed by atoms with Crippen molar-refractivity contribution in [2.45, 2.75) is 31.1 Å². The average molecular weight is 401 g/mol. The molecule has 0 bridgehead atoms. The molecule has 9 heteroatoms. The lowest BCUT2D eigenvalue weighted by molar-refractivity contribution is 0.0667. The monoisotopic (exact) mass is 400 g/mol. The largest absolute Gasteiger partial charge is 0.333 e. The van der Waals surface area contributed by atoms with Crippen LogP contribution in [0.2, 0.25) is 0 Å². The first-order chi connectivity index (χ1) is 12.3. The molecular weight excluding hydrogens is 376 g/mol. The van der Waals surface area contributed by atoms with Crippen molar-refractivity contribution in [3.63, 3.8) is 0 Å². The van der Waals surface area contributed by atoms with E-state index in [9.17, 15) is 21.6 Å². The summed E-state index contributed by atoms with van der Waals surface area (Å²) < 4.78 is 51.0. The number of sulfone groups is 1. The summed E-state index contributed by atoms with van der Waals surface area (Å²) in [7, 11) is -6.73. The van der Waals surface area contributed by atoms with Gasteiger partial charge in [0.1, 0.15) is 0 Å². The van der Waals surface area contributed by atoms with Crippen LogP contribution in [0.25, 0.3) is 0 Å². The molecule has 2 aliphatic rings. The summed E-state index contributed by atoms with van der Waals surface area (Å²) >= 11 is 0. The molecule has 0 N–H and O–H groups in total. The molecule has 0 aromatic heterocycles. The minimum Gasteiger partial charge on any atom is -0.333 e. The highest BCUT2D eigenvalue weighted by molar-refractivity contribution is 7.92. The number of fused-ring (bicyclic) bond motifs is 1. The molecule has 7 nitrogen and oxygen atoms in total. The normalized spacial score (nSPS) is 26.7. The van der Waals surface area contributed by atoms with Gasteiger partial charge in [-0.3, -0.25) is 4.79 Å². The van der Waals surface area contributed by atoms with Crippen molar-refractivity contribution in [3.8, 4) is 0 Å². The second-order valence-electron chi connectivity index (χ2n) is 6.71. The number of carbonyl (C=O) groups excluding carboxylic acids is 1. The lowest BCUT2D eigenvalue weighted by Crippen LogP contribution is -2.56. The molecule has 1 aromatic rings. The maximum atomic E-state index is 12.9. The maximum Gasteiger partial charge on any atom is 0.254 e. The number of sulfonamides is 1. The Balaban J connectivity index is 1.90. The number of amides is 1. The summed E-state index contributed by atoms with van der Waals surface area (Å²) in [4.78, 5) is 14.5. The van der Waals surface area contributed by atoms with Crippen LogP contribution in [-0.4, -0.2) is 74.4 Å². The average Bonchev–Trinajstić information content (AvgIpc) is 2.87. The van der Waals surface area contributed by atoms with Crippen LogP contribution < -0.4 is 0 Å². The number of rotatable bonds is 3. The number of hydrogen-bond donors (Lipinski definition) is 0. The zero-order valence-corrected chi connectivity index (χ0v) is 16.4. The molecule has 1 amide bonds. The van der Waals surface area contributed by atoms with Gasteiger partial charge in [0, 0.05) is 25.2 Å². The molecule has 0 spiro atoms. The van der Waals surface area contributed by atoms with Crippen LogP contribution in [0, 0.1) is 0 Å². The fraction of sp³-hybridized carbons (Fsp3) is 0.588. The molecule has 26 heavy (non-hydrogen) atoms. The van der Waals surface area contributed by atoms with Crippen LogP contribution in [-0.2, 0) is 19.9 Å². The molecule has 0 unspecified atom stereocenters. The molecule has 144 valence electrons. The van der Waals surface area contributed by atoms with E-state index >= 15 is 0 Å². The molecule has 0 aliphatic carbocycles. The van der Waals surface area contributed by atoms with Gasteiger partial charge in [-0.15, -0.1) is 0 Å². The van der Waals surface area contributed by atoms with Crippen molar-refractivity contribution in [1.29, 1.82) is 0 Å². The Hall–Kier alpha value is -1.45. The van der Waals surface area contributed by atoms with Crippen molar-refractivity contribution in [3.05, 3.63) is 35.9 Å². The highest BCUT2D eigenvalue weighted by Crippen LogP contribution is 2.30. The quantitative estimate of drug-likeness (QED) is 0.746. The molecule has 2 aliphatic heterocycles. The van der Waals surface area contributed by atoms with Crippen LogP contribution in [0.15, 0.2) is 30.3 Å². The van der Waals surface area contributed by atoms with Crippen LogP contribution >= 0.6 is 0 Å². The fourth-order valence-corrected chi connectivity index (χ4v) is 6.93. The molecular formula is C17H24N2O5S2. The van der Waals surface area contributed by atoms with Crippen molar-refractivity contribution in [2.75, 3.05) is 31.1 Å². The van der Waals surface area contributed by atoms with Crippen molar-refractivity contribution in [2.24, 2.45) is 0 Å². The Labute approximate surface area is 155 Å². The highest BCUT2D eigenvalue weighted by Gasteiger charge is 2.45. The molecule has 2 saturated heterocycles. The first-order valence-electron chi connectivity index (χ1n) is 8.81. The Morgan fingerprint density at radius 1 is 1.12 bits per heavy atom. The van der Waals surface area contributed by atoms with E-state index in [0.717, 1.165) is 0 Å². The Morgan fingerprint density at radius 3 is 2.42 bits per heavy atom. The van der Waals surface area contributed by atoms with Crippen molar-refractivity contribution in [1.82, 2.24) is 9.21 Å². The first kappa shape index (κ1) is 19.3. The topological polar surface area (TPSA) is 91.8 Å². The lowest BCUT2D eigenvalue weighted by atomic mass is 10.0. The summed E-state index contributed by atoms with van der Waals surface area (Å²) in [6.07, 6.45) is 0.562. The van der Waals surface area contributed by atoms with E-state index in [1.807, 2.05) is 6.07 Å². The molecule has 1 aromatic carbocycles. The van der Waals surface area contributed by atoms with Crippen molar-refractivity contribution >= 4 is 25.8 Å². The summed E-state index contributed by atoms with van der Waals surface area (Å²) in [5, 5.41) is -0.707. The van der Waals surface area contributed by atoms with E-state index < -0.39 is 31.2 Å². The number of carbonyl (C=O) groups is 1. The zero-order chi connectivity index (χ0) is 18.9. The van der Waals surface area contributed by atoms with Gasteiger partial charge in [-0.2, -0.15) is 0 Å². The van der Waals surface area contributed by atoms with Crippen LogP contribution in [0.4, 0.5) is 0 Å². The molecule has 2 fully saturated rings. The van der Waals surface area contributed by atoms with Gasteiger partial charge in [0.05, 0.1) is 22.8 Å². The Morgan fingerprint density at radius 2 is 1.77 bits per heavy atom. The standard InChI is InChI=1S/C17H24N2O5S2/c1-2-26(23,24)18-10-8-15-16(9-11-18)25(21,22)13-12-19(15)17(20)14-6-4-3-5-7-14/h3-7,15-16H,2,8-13H2,1H3/t15-,16-/m0/s1. The van der Waals surface area contributed by atoms with E-state index in [1.165, 1.54) is 4.31 Å². The minimum atomic E-state index is -3.38. The number of nitrogens with zero attached hydrogens (tertiary/aromatic N) is 2. The van der Waals surface area contributed by atoms with Gasteiger partial charge in [-0.25, -0.2) is 21.1 Å². The van der Waals surface area contributed by atoms with Gasteiger partial charge >= 0.3 is 0 Å². The highest BCUT2D eigenvalue weighted by atomic mass is 32.2. The molecule has 3 rings (SSSR count). The summed E-state index contributed by atoms with van der Waals surface area (Å²) in [5.74, 6) is -0.281. The molecule has 2 heterocycles. The van der Waals surface area contributed by atoms with Gasteiger partial charge in [-0.1, -0.05) is 18.2 Å². The van der Waals surface area contributed by atoms with Crippen LogP contribution in [0.3, 0.4) is 0 Å². The summed E-state index contributed by atoms with van der Waals surface area (Å²) in [5.41, 5.74) is 0.521. The first-order valence-corrected chi connectivity index (χ1v) is 12.1. The van der Waals surface area contributed by atoms with Gasteiger partial charge in [0.15, 0.2) is 9.84 Å². The van der Waals surface area contributed by atoms with E-state index in [4.69, 9.17) is 0 Å². The maximum absolute atomic E-state index is 12.9. The third kappa shape index (κ3) is 3.65. The number of benzene rings is 1. The Kier molecular flexibility index (Phi) is 5.41. The smallest absolute Gasteiger partial charge is 0.254 e. The van der Waals surface area contributed by atoms with Crippen LogP contribution in [0.5, 0.6) is 0 Å². The Bertz CT molecular complexity index is 868. The van der Waals surface area contributed by atoms with Gasteiger partial charge < -0.3 is 4.90 Å². The SMILES string of the molecule is CCS(=O)(=O)N1CC[C@H]2[C@H](CC1)S(=O)(=O)CCN2C(=O)c1ccccc1. The fourth-order valence-electron chi connectivity index (χ4n) is 3.82. The van der Waals surface area contributed by atoms with E-state index in [2.05, 4.69) is 0 Å².